The Labute approximate surface area is 251 Å². The molecule has 3 fully saturated rings. The normalized spacial score (nSPS) is 22.9. The topological polar surface area (TPSA) is 116 Å². The summed E-state index contributed by atoms with van der Waals surface area (Å²) in [5.41, 5.74) is 1.14. The zero-order valence-corrected chi connectivity index (χ0v) is 24.9. The Kier molecular flexibility index (Phi) is 7.71. The minimum Gasteiger partial charge on any atom is -0.369 e. The molecule has 3 heterocycles. The molecule has 2 aliphatic carbocycles. The number of benzene rings is 1. The molecular weight excluding hydrogens is 599 g/mol. The van der Waals surface area contributed by atoms with Crippen molar-refractivity contribution in [1.82, 2.24) is 15.3 Å². The van der Waals surface area contributed by atoms with E-state index in [-0.39, 0.29) is 29.2 Å². The van der Waals surface area contributed by atoms with Gasteiger partial charge in [-0.15, -0.1) is 11.3 Å². The Morgan fingerprint density at radius 3 is 2.37 bits per heavy atom. The first kappa shape index (κ1) is 29.6. The molecule has 1 amide bonds. The summed E-state index contributed by atoms with van der Waals surface area (Å²) >= 11 is 1.33. The van der Waals surface area contributed by atoms with Gasteiger partial charge in [0.15, 0.2) is 9.84 Å². The molecule has 1 aromatic carbocycles. The van der Waals surface area contributed by atoms with Crippen LogP contribution < -0.4 is 10.2 Å². The van der Waals surface area contributed by atoms with Gasteiger partial charge in [-0.05, 0) is 55.5 Å². The number of hydrogen-bond donors (Lipinski definition) is 1. The van der Waals surface area contributed by atoms with Crippen LogP contribution in [-0.4, -0.2) is 54.4 Å². The van der Waals surface area contributed by atoms with Crippen LogP contribution in [0.2, 0.25) is 0 Å². The molecule has 1 aliphatic heterocycles. The van der Waals surface area contributed by atoms with Gasteiger partial charge in [0.25, 0.3) is 0 Å². The van der Waals surface area contributed by atoms with Crippen LogP contribution in [-0.2, 0) is 20.8 Å². The molecule has 8 nitrogen and oxygen atoms in total. The third-order valence-corrected chi connectivity index (χ3v) is 11.3. The fourth-order valence-electron chi connectivity index (χ4n) is 5.87. The number of nitriles is 1. The minimum absolute atomic E-state index is 0.107. The highest BCUT2D eigenvalue weighted by atomic mass is 32.2. The molecule has 0 bridgehead atoms. The molecule has 0 spiro atoms. The molecule has 2 unspecified atom stereocenters. The maximum atomic E-state index is 13.5. The fraction of sp³-hybridized carbons (Fsp3) is 0.467. The fourth-order valence-corrected chi connectivity index (χ4v) is 8.19. The van der Waals surface area contributed by atoms with E-state index in [4.69, 9.17) is 4.98 Å². The number of nitrogens with one attached hydrogen (secondary N) is 1. The molecule has 6 rings (SSSR count). The van der Waals surface area contributed by atoms with E-state index >= 15 is 0 Å². The molecule has 2 saturated carbocycles. The Balaban J connectivity index is 1.35. The van der Waals surface area contributed by atoms with Gasteiger partial charge in [-0.1, -0.05) is 25.0 Å². The summed E-state index contributed by atoms with van der Waals surface area (Å²) < 4.78 is 63.3. The maximum absolute atomic E-state index is 13.5. The Bertz CT molecular complexity index is 1650. The largest absolute Gasteiger partial charge is 0.417 e. The van der Waals surface area contributed by atoms with Crippen LogP contribution in [0.5, 0.6) is 0 Å². The van der Waals surface area contributed by atoms with Crippen molar-refractivity contribution < 1.29 is 26.4 Å². The van der Waals surface area contributed by atoms with Crippen LogP contribution in [0.1, 0.15) is 55.7 Å². The highest BCUT2D eigenvalue weighted by Crippen LogP contribution is 2.46. The highest BCUT2D eigenvalue weighted by Gasteiger charge is 2.47. The average Bonchev–Trinajstić information content (AvgIpc) is 3.63. The highest BCUT2D eigenvalue weighted by molar-refractivity contribution is 7.91. The van der Waals surface area contributed by atoms with Gasteiger partial charge in [0.05, 0.1) is 39.4 Å². The zero-order chi connectivity index (χ0) is 30.4. The predicted octanol–water partition coefficient (Wildman–Crippen LogP) is 5.57. The number of aromatic nitrogens is 2. The van der Waals surface area contributed by atoms with Crippen molar-refractivity contribution in [1.29, 1.82) is 5.26 Å². The zero-order valence-electron chi connectivity index (χ0n) is 23.2. The predicted molar refractivity (Wildman–Crippen MR) is 157 cm³/mol. The molecule has 1 N–H and O–H groups in total. The second-order valence-corrected chi connectivity index (χ2v) is 14.8. The molecule has 2 aromatic heterocycles. The molecule has 226 valence electrons. The quantitative estimate of drug-likeness (QED) is 0.379. The number of thiazole rings is 1. The Morgan fingerprint density at radius 1 is 1.07 bits per heavy atom. The first-order valence-electron chi connectivity index (χ1n) is 14.3. The number of sulfone groups is 1. The van der Waals surface area contributed by atoms with E-state index < -0.39 is 27.1 Å². The average molecular weight is 630 g/mol. The third kappa shape index (κ3) is 6.26. The number of amides is 1. The number of hydrogen-bond acceptors (Lipinski definition) is 8. The number of rotatable bonds is 6. The number of pyridine rings is 1. The van der Waals surface area contributed by atoms with Crippen LogP contribution in [0.3, 0.4) is 0 Å². The lowest BCUT2D eigenvalue weighted by Crippen LogP contribution is -2.42. The van der Waals surface area contributed by atoms with Gasteiger partial charge in [0.1, 0.15) is 10.5 Å². The van der Waals surface area contributed by atoms with E-state index in [1.165, 1.54) is 17.4 Å². The van der Waals surface area contributed by atoms with Crippen molar-refractivity contribution in [3.8, 4) is 27.2 Å². The van der Waals surface area contributed by atoms with Crippen LogP contribution >= 0.6 is 11.3 Å². The van der Waals surface area contributed by atoms with Gasteiger partial charge in [0, 0.05) is 36.8 Å². The number of anilines is 1. The number of halogens is 3. The molecular formula is C30H30F3N5O3S2. The standard InChI is InChI=1S/C30H30F3N5O3S2/c31-30(32,33)20-7-10-24(35-17-20)28-36-25(22-3-1-2-4-23(22)27(39)37-29(18-34)11-12-29)26(42-28)19-5-8-21(9-6-19)38-13-15-43(40,41)16-14-38/h5-10,17,22-23H,1-4,11-16H2,(H,37,39). The summed E-state index contributed by atoms with van der Waals surface area (Å²) in [6.45, 7) is 0.834. The van der Waals surface area contributed by atoms with E-state index in [0.717, 1.165) is 41.2 Å². The van der Waals surface area contributed by atoms with Crippen molar-refractivity contribution in [2.75, 3.05) is 29.5 Å². The second-order valence-electron chi connectivity index (χ2n) is 11.5. The summed E-state index contributed by atoms with van der Waals surface area (Å²) in [6.07, 6.45) is 0.712. The number of carbonyl (C=O) groups is 1. The lowest BCUT2D eigenvalue weighted by Gasteiger charge is -2.31. The van der Waals surface area contributed by atoms with Gasteiger partial charge >= 0.3 is 6.18 Å². The van der Waals surface area contributed by atoms with Crippen LogP contribution in [0, 0.1) is 17.2 Å². The van der Waals surface area contributed by atoms with Crippen molar-refractivity contribution in [2.45, 2.75) is 56.2 Å². The molecule has 0 radical (unpaired) electrons. The van der Waals surface area contributed by atoms with Crippen molar-refractivity contribution >= 4 is 32.8 Å². The van der Waals surface area contributed by atoms with E-state index in [9.17, 15) is 31.6 Å². The monoisotopic (exact) mass is 629 g/mol. The lowest BCUT2D eigenvalue weighted by atomic mass is 9.76. The molecule has 2 atom stereocenters. The number of carbonyl (C=O) groups excluding carboxylic acids is 1. The lowest BCUT2D eigenvalue weighted by molar-refractivity contribution is -0.137. The minimum atomic E-state index is -4.50. The molecule has 13 heteroatoms. The van der Waals surface area contributed by atoms with Gasteiger partial charge in [-0.3, -0.25) is 9.78 Å². The van der Waals surface area contributed by atoms with E-state index in [1.54, 1.807) is 0 Å². The van der Waals surface area contributed by atoms with Crippen LogP contribution in [0.25, 0.3) is 21.1 Å². The molecule has 43 heavy (non-hydrogen) atoms. The van der Waals surface area contributed by atoms with Gasteiger partial charge in [-0.25, -0.2) is 13.4 Å². The van der Waals surface area contributed by atoms with Gasteiger partial charge in [-0.2, -0.15) is 18.4 Å². The summed E-state index contributed by atoms with van der Waals surface area (Å²) in [6, 6.07) is 12.3. The molecule has 3 aromatic rings. The molecule has 1 saturated heterocycles. The maximum Gasteiger partial charge on any atom is 0.417 e. The van der Waals surface area contributed by atoms with Gasteiger partial charge in [0.2, 0.25) is 5.91 Å². The second kappa shape index (κ2) is 11.2. The summed E-state index contributed by atoms with van der Waals surface area (Å²) in [7, 11) is -3.02. The first-order chi connectivity index (χ1) is 20.5. The first-order valence-corrected chi connectivity index (χ1v) is 16.9. The number of alkyl halides is 3. The Morgan fingerprint density at radius 2 is 1.77 bits per heavy atom. The Hall–Kier alpha value is -3.50. The van der Waals surface area contributed by atoms with E-state index in [2.05, 4.69) is 16.4 Å². The summed E-state index contributed by atoms with van der Waals surface area (Å²) in [5.74, 6) is -0.564. The van der Waals surface area contributed by atoms with Crippen molar-refractivity contribution in [3.05, 3.63) is 53.9 Å². The third-order valence-electron chi connectivity index (χ3n) is 8.58. The van der Waals surface area contributed by atoms with Crippen molar-refractivity contribution in [2.24, 2.45) is 5.92 Å². The summed E-state index contributed by atoms with van der Waals surface area (Å²) in [4.78, 5) is 25.3. The van der Waals surface area contributed by atoms with E-state index in [0.29, 0.717) is 55.2 Å². The SMILES string of the molecule is N#CC1(NC(=O)C2CCCCC2c2nc(-c3ccc(C(F)(F)F)cn3)sc2-c2ccc(N3CCS(=O)(=O)CC3)cc2)CC1. The van der Waals surface area contributed by atoms with Crippen LogP contribution in [0.15, 0.2) is 42.6 Å². The van der Waals surface area contributed by atoms with E-state index in [1.807, 2.05) is 29.2 Å². The van der Waals surface area contributed by atoms with Crippen molar-refractivity contribution in [3.63, 3.8) is 0 Å². The molecule has 3 aliphatic rings. The van der Waals surface area contributed by atoms with Crippen LogP contribution in [0.4, 0.5) is 18.9 Å². The summed E-state index contributed by atoms with van der Waals surface area (Å²) in [5, 5.41) is 13.0. The smallest absolute Gasteiger partial charge is 0.369 e. The van der Waals surface area contributed by atoms with Gasteiger partial charge < -0.3 is 10.2 Å². The number of nitrogens with zero attached hydrogens (tertiary/aromatic N) is 4.